The molecular formula is C14H17NO8. The minimum absolute atomic E-state index is 0.377. The number of amides is 1. The molecule has 0 aromatic heterocycles. The van der Waals surface area contributed by atoms with Crippen molar-refractivity contribution in [3.05, 3.63) is 24.3 Å². The topological polar surface area (TPSA) is 138 Å². The van der Waals surface area contributed by atoms with Gasteiger partial charge in [-0.05, 0) is 12.1 Å². The van der Waals surface area contributed by atoms with Crippen LogP contribution in [-0.4, -0.2) is 69.9 Å². The lowest BCUT2D eigenvalue weighted by Gasteiger charge is -2.40. The molecule has 6 atom stereocenters. The van der Waals surface area contributed by atoms with E-state index in [9.17, 15) is 20.1 Å². The summed E-state index contributed by atoms with van der Waals surface area (Å²) in [6, 6.07) is 6.71. The molecule has 2 heterocycles. The van der Waals surface area contributed by atoms with Crippen molar-refractivity contribution < 1.29 is 39.4 Å². The lowest BCUT2D eigenvalue weighted by atomic mass is 9.99. The van der Waals surface area contributed by atoms with Gasteiger partial charge in [-0.15, -0.1) is 0 Å². The molecule has 0 radical (unpaired) electrons. The second kappa shape index (κ2) is 6.40. The van der Waals surface area contributed by atoms with Crippen molar-refractivity contribution in [2.75, 3.05) is 11.9 Å². The first-order chi connectivity index (χ1) is 11.0. The molecule has 1 fully saturated rings. The summed E-state index contributed by atoms with van der Waals surface area (Å²) in [4.78, 5) is 12.0. The van der Waals surface area contributed by atoms with Crippen LogP contribution in [0.3, 0.4) is 0 Å². The Bertz CT molecular complexity index is 580. The minimum Gasteiger partial charge on any atom is -0.453 e. The van der Waals surface area contributed by atoms with Crippen molar-refractivity contribution >= 4 is 11.6 Å². The average molecular weight is 327 g/mol. The van der Waals surface area contributed by atoms with Gasteiger partial charge in [0.1, 0.15) is 30.2 Å². The summed E-state index contributed by atoms with van der Waals surface area (Å²) in [6.07, 6.45) is -8.70. The monoisotopic (exact) mass is 327 g/mol. The molecule has 0 aliphatic carbocycles. The number of carbonyl (C=O) groups excluding carboxylic acids is 1. The van der Waals surface area contributed by atoms with Gasteiger partial charge in [-0.3, -0.25) is 4.79 Å². The van der Waals surface area contributed by atoms with Crippen LogP contribution in [0.15, 0.2) is 24.3 Å². The molecule has 6 unspecified atom stereocenters. The first-order valence-electron chi connectivity index (χ1n) is 7.04. The highest BCUT2D eigenvalue weighted by atomic mass is 16.8. The largest absolute Gasteiger partial charge is 0.453 e. The van der Waals surface area contributed by atoms with E-state index in [4.69, 9.17) is 19.3 Å². The van der Waals surface area contributed by atoms with Crippen molar-refractivity contribution in [2.24, 2.45) is 0 Å². The van der Waals surface area contributed by atoms with Crippen molar-refractivity contribution in [1.29, 1.82) is 0 Å². The quantitative estimate of drug-likeness (QED) is 0.437. The van der Waals surface area contributed by atoms with E-state index in [0.29, 0.717) is 11.4 Å². The molecule has 1 aromatic carbocycles. The number of anilines is 1. The number of hydrogen-bond donors (Lipinski definition) is 5. The van der Waals surface area contributed by atoms with E-state index in [-0.39, 0.29) is 0 Å². The molecule has 23 heavy (non-hydrogen) atoms. The average Bonchev–Trinajstić information content (AvgIpc) is 2.56. The Morgan fingerprint density at radius 1 is 1.13 bits per heavy atom. The molecule has 3 rings (SSSR count). The highest BCUT2D eigenvalue weighted by molar-refractivity contribution is 5.96. The zero-order valence-corrected chi connectivity index (χ0v) is 11.9. The molecule has 126 valence electrons. The lowest BCUT2D eigenvalue weighted by Crippen LogP contribution is -2.60. The first-order valence-corrected chi connectivity index (χ1v) is 7.04. The summed E-state index contributed by atoms with van der Waals surface area (Å²) in [5.41, 5.74) is 0.478. The molecule has 2 aliphatic heterocycles. The second-order valence-corrected chi connectivity index (χ2v) is 5.27. The molecule has 1 aromatic rings. The fourth-order valence-corrected chi connectivity index (χ4v) is 2.42. The number of rotatable bonds is 3. The zero-order chi connectivity index (χ0) is 16.6. The van der Waals surface area contributed by atoms with E-state index in [2.05, 4.69) is 5.32 Å². The van der Waals surface area contributed by atoms with Crippen LogP contribution in [-0.2, 0) is 14.3 Å². The van der Waals surface area contributed by atoms with Crippen LogP contribution in [0.1, 0.15) is 0 Å². The highest BCUT2D eigenvalue weighted by Crippen LogP contribution is 2.31. The third-order valence-corrected chi connectivity index (χ3v) is 3.70. The lowest BCUT2D eigenvalue weighted by molar-refractivity contribution is -0.322. The number of fused-ring (bicyclic) bond motifs is 1. The van der Waals surface area contributed by atoms with Gasteiger partial charge in [0.05, 0.1) is 12.3 Å². The van der Waals surface area contributed by atoms with E-state index < -0.39 is 49.5 Å². The van der Waals surface area contributed by atoms with Crippen LogP contribution in [0.5, 0.6) is 5.75 Å². The fourth-order valence-electron chi connectivity index (χ4n) is 2.42. The van der Waals surface area contributed by atoms with Crippen molar-refractivity contribution in [1.82, 2.24) is 0 Å². The zero-order valence-electron chi connectivity index (χ0n) is 11.9. The molecule has 1 amide bonds. The predicted octanol–water partition coefficient (Wildman–Crippen LogP) is -1.84. The van der Waals surface area contributed by atoms with E-state index in [0.717, 1.165) is 0 Å². The van der Waals surface area contributed by atoms with Crippen LogP contribution in [0.4, 0.5) is 5.69 Å². The number of para-hydroxylation sites is 2. The van der Waals surface area contributed by atoms with Gasteiger partial charge in [0.15, 0.2) is 6.29 Å². The Kier molecular flexibility index (Phi) is 4.48. The maximum Gasteiger partial charge on any atom is 0.294 e. The van der Waals surface area contributed by atoms with E-state index in [1.807, 2.05) is 0 Å². The van der Waals surface area contributed by atoms with E-state index in [1.54, 1.807) is 24.3 Å². The molecule has 1 saturated heterocycles. The smallest absolute Gasteiger partial charge is 0.294 e. The van der Waals surface area contributed by atoms with Crippen molar-refractivity contribution in [3.63, 3.8) is 0 Å². The van der Waals surface area contributed by atoms with E-state index in [1.165, 1.54) is 0 Å². The van der Waals surface area contributed by atoms with Gasteiger partial charge >= 0.3 is 0 Å². The number of nitrogens with one attached hydrogen (secondary N) is 1. The summed E-state index contributed by atoms with van der Waals surface area (Å²) in [7, 11) is 0. The van der Waals surface area contributed by atoms with Crippen LogP contribution >= 0.6 is 0 Å². The maximum absolute atomic E-state index is 12.0. The third kappa shape index (κ3) is 3.02. The molecule has 9 nitrogen and oxygen atoms in total. The second-order valence-electron chi connectivity index (χ2n) is 5.27. The molecule has 9 heteroatoms. The van der Waals surface area contributed by atoms with Crippen LogP contribution < -0.4 is 10.1 Å². The van der Waals surface area contributed by atoms with Gasteiger partial charge in [0, 0.05) is 0 Å². The van der Waals surface area contributed by atoms with Crippen LogP contribution in [0.25, 0.3) is 0 Å². The maximum atomic E-state index is 12.0. The normalized spacial score (nSPS) is 36.8. The summed E-state index contributed by atoms with van der Waals surface area (Å²) in [5, 5.41) is 41.0. The predicted molar refractivity (Wildman–Crippen MR) is 74.3 cm³/mol. The molecule has 2 aliphatic rings. The van der Waals surface area contributed by atoms with Gasteiger partial charge < -0.3 is 40.0 Å². The Hall–Kier alpha value is -1.75. The summed E-state index contributed by atoms with van der Waals surface area (Å²) in [5.74, 6) is -0.234. The Morgan fingerprint density at radius 3 is 2.61 bits per heavy atom. The minimum atomic E-state index is -1.61. The number of aliphatic hydroxyl groups excluding tert-OH is 4. The number of aliphatic hydroxyl groups is 4. The summed E-state index contributed by atoms with van der Waals surface area (Å²) >= 11 is 0. The number of carbonyl (C=O) groups is 1. The Labute approximate surface area is 131 Å². The van der Waals surface area contributed by atoms with E-state index >= 15 is 0 Å². The Balaban J connectivity index is 1.72. The van der Waals surface area contributed by atoms with Gasteiger partial charge in [-0.1, -0.05) is 12.1 Å². The SMILES string of the molecule is O=C1Nc2ccccc2OC1OC1OC(CO)C(O)C(O)C1O. The fraction of sp³-hybridized carbons (Fsp3) is 0.500. The molecule has 5 N–H and O–H groups in total. The highest BCUT2D eigenvalue weighted by Gasteiger charge is 2.46. The van der Waals surface area contributed by atoms with Crippen LogP contribution in [0, 0.1) is 0 Å². The van der Waals surface area contributed by atoms with Gasteiger partial charge in [0.2, 0.25) is 0 Å². The number of benzene rings is 1. The number of ether oxygens (including phenoxy) is 3. The van der Waals surface area contributed by atoms with Crippen molar-refractivity contribution in [3.8, 4) is 5.75 Å². The molecule has 0 saturated carbocycles. The molecule has 0 spiro atoms. The Morgan fingerprint density at radius 2 is 1.87 bits per heavy atom. The van der Waals surface area contributed by atoms with Crippen LogP contribution in [0.2, 0.25) is 0 Å². The third-order valence-electron chi connectivity index (χ3n) is 3.70. The standard InChI is InChI=1S/C14H17NO8/c16-5-8-9(17)10(18)11(19)13(22-8)23-14-12(20)15-6-3-1-2-4-7(6)21-14/h1-4,8-11,13-14,16-19H,5H2,(H,15,20). The molecule has 0 bridgehead atoms. The number of hydrogen-bond acceptors (Lipinski definition) is 8. The first kappa shape index (κ1) is 16.1. The van der Waals surface area contributed by atoms with Gasteiger partial charge in [0.25, 0.3) is 12.2 Å². The van der Waals surface area contributed by atoms with Gasteiger partial charge in [-0.25, -0.2) is 0 Å². The summed E-state index contributed by atoms with van der Waals surface area (Å²) < 4.78 is 15.8. The summed E-state index contributed by atoms with van der Waals surface area (Å²) in [6.45, 7) is -0.592. The molecular weight excluding hydrogens is 310 g/mol. The van der Waals surface area contributed by atoms with Gasteiger partial charge in [-0.2, -0.15) is 0 Å². The van der Waals surface area contributed by atoms with Crippen molar-refractivity contribution in [2.45, 2.75) is 37.0 Å².